The molecule has 20 heavy (non-hydrogen) atoms. The van der Waals surface area contributed by atoms with Crippen molar-refractivity contribution in [2.75, 3.05) is 13.2 Å². The Balaban J connectivity index is 0.00000361. The summed E-state index contributed by atoms with van der Waals surface area (Å²) in [6.07, 6.45) is -0.490. The second-order valence-corrected chi connectivity index (χ2v) is 6.27. The van der Waals surface area contributed by atoms with Gasteiger partial charge in [0.15, 0.2) is 0 Å². The molecule has 1 rings (SSSR count). The van der Waals surface area contributed by atoms with Crippen LogP contribution in [0.1, 0.15) is 40.2 Å². The summed E-state index contributed by atoms with van der Waals surface area (Å²) in [7, 11) is 0. The van der Waals surface area contributed by atoms with Crippen molar-refractivity contribution in [3.63, 3.8) is 0 Å². The Labute approximate surface area is 129 Å². The Hall–Kier alpha value is -0.770. The summed E-state index contributed by atoms with van der Waals surface area (Å²) in [6, 6.07) is 8.39. The molecule has 0 aliphatic rings. The molecule has 1 aromatic rings. The molecule has 0 spiro atoms. The highest BCUT2D eigenvalue weighted by Gasteiger charge is 2.18. The van der Waals surface area contributed by atoms with Crippen molar-refractivity contribution in [2.45, 2.75) is 52.2 Å². The maximum absolute atomic E-state index is 9.87. The van der Waals surface area contributed by atoms with Crippen molar-refractivity contribution in [3.8, 4) is 5.75 Å². The van der Waals surface area contributed by atoms with Crippen molar-refractivity contribution >= 4 is 0 Å². The molecular formula is C16H27ClNO2-. The lowest BCUT2D eigenvalue weighted by Gasteiger charge is -2.23. The van der Waals surface area contributed by atoms with Crippen LogP contribution in [0, 0.1) is 0 Å². The Kier molecular flexibility index (Phi) is 8.17. The van der Waals surface area contributed by atoms with E-state index in [1.165, 1.54) is 5.56 Å². The van der Waals surface area contributed by atoms with Crippen LogP contribution in [0.2, 0.25) is 0 Å². The number of para-hydroxylation sites is 1. The van der Waals surface area contributed by atoms with E-state index in [1.54, 1.807) is 0 Å². The number of aliphatic hydroxyl groups is 1. The van der Waals surface area contributed by atoms with Crippen LogP contribution < -0.4 is 22.5 Å². The van der Waals surface area contributed by atoms with Crippen LogP contribution in [-0.4, -0.2) is 30.4 Å². The second kappa shape index (κ2) is 8.50. The molecule has 0 radical (unpaired) electrons. The van der Waals surface area contributed by atoms with Crippen LogP contribution >= 0.6 is 0 Å². The molecular weight excluding hydrogens is 274 g/mol. The molecule has 0 amide bonds. The van der Waals surface area contributed by atoms with Crippen LogP contribution in [0.25, 0.3) is 0 Å². The zero-order chi connectivity index (χ0) is 14.5. The Morgan fingerprint density at radius 1 is 1.20 bits per heavy atom. The van der Waals surface area contributed by atoms with Gasteiger partial charge in [0.2, 0.25) is 0 Å². The first-order valence-electron chi connectivity index (χ1n) is 6.94. The summed E-state index contributed by atoms with van der Waals surface area (Å²) >= 11 is 0. The van der Waals surface area contributed by atoms with Crippen LogP contribution in [0.5, 0.6) is 5.75 Å². The summed E-state index contributed by atoms with van der Waals surface area (Å²) in [4.78, 5) is 0. The van der Waals surface area contributed by atoms with E-state index >= 15 is 0 Å². The normalized spacial score (nSPS) is 12.9. The van der Waals surface area contributed by atoms with Gasteiger partial charge >= 0.3 is 0 Å². The van der Waals surface area contributed by atoms with Gasteiger partial charge in [0.25, 0.3) is 0 Å². The van der Waals surface area contributed by atoms with E-state index in [1.807, 2.05) is 18.2 Å². The first-order chi connectivity index (χ1) is 8.80. The Bertz CT molecular complexity index is 388. The highest BCUT2D eigenvalue weighted by atomic mass is 35.5. The number of hydrogen-bond donors (Lipinski definition) is 2. The minimum atomic E-state index is -0.490. The summed E-state index contributed by atoms with van der Waals surface area (Å²) in [5.74, 6) is 0.860. The minimum absolute atomic E-state index is 0. The molecule has 0 aliphatic carbocycles. The zero-order valence-electron chi connectivity index (χ0n) is 13.1. The van der Waals surface area contributed by atoms with Crippen LogP contribution in [0.3, 0.4) is 0 Å². The molecule has 4 heteroatoms. The number of nitrogens with one attached hydrogen (secondary N) is 1. The topological polar surface area (TPSA) is 41.5 Å². The van der Waals surface area contributed by atoms with E-state index in [9.17, 15) is 5.11 Å². The van der Waals surface area contributed by atoms with Crippen molar-refractivity contribution in [1.82, 2.24) is 5.32 Å². The predicted octanol–water partition coefficient (Wildman–Crippen LogP) is -0.274. The molecule has 0 aromatic heterocycles. The molecule has 2 N–H and O–H groups in total. The maximum Gasteiger partial charge on any atom is 0.123 e. The number of ether oxygens (including phenoxy) is 1. The molecule has 116 valence electrons. The molecule has 0 saturated heterocycles. The standard InChI is InChI=1S/C16H27NO2.ClH/c1-12(2)17-10-13(18)11-19-15-9-7-6-8-14(15)16(3,4)5;/h6-9,12-13,17-18H,10-11H2,1-5H3;1H/p-1. The van der Waals surface area contributed by atoms with Crippen LogP contribution in [0.15, 0.2) is 24.3 Å². The van der Waals surface area contributed by atoms with E-state index in [4.69, 9.17) is 4.74 Å². The number of benzene rings is 1. The van der Waals surface area contributed by atoms with E-state index in [2.05, 4.69) is 46.0 Å². The average Bonchev–Trinajstić information content (AvgIpc) is 2.33. The third-order valence-corrected chi connectivity index (χ3v) is 2.89. The van der Waals surface area contributed by atoms with Crippen LogP contribution in [-0.2, 0) is 5.41 Å². The van der Waals surface area contributed by atoms with Gasteiger partial charge in [-0.15, -0.1) is 0 Å². The largest absolute Gasteiger partial charge is 1.00 e. The van der Waals surface area contributed by atoms with Crippen molar-refractivity contribution in [1.29, 1.82) is 0 Å². The van der Waals surface area contributed by atoms with Crippen molar-refractivity contribution < 1.29 is 22.3 Å². The number of rotatable bonds is 6. The van der Waals surface area contributed by atoms with E-state index in [-0.39, 0.29) is 17.8 Å². The van der Waals surface area contributed by atoms with Crippen LogP contribution in [0.4, 0.5) is 0 Å². The second-order valence-electron chi connectivity index (χ2n) is 6.27. The summed E-state index contributed by atoms with van der Waals surface area (Å²) in [6.45, 7) is 11.5. The molecule has 1 atom stereocenters. The monoisotopic (exact) mass is 300 g/mol. The van der Waals surface area contributed by atoms with E-state index in [0.717, 1.165) is 5.75 Å². The van der Waals surface area contributed by atoms with Crippen molar-refractivity contribution in [2.24, 2.45) is 0 Å². The third kappa shape index (κ3) is 6.60. The number of halogens is 1. The molecule has 0 saturated carbocycles. The molecule has 1 unspecified atom stereocenters. The smallest absolute Gasteiger partial charge is 0.123 e. The SMILES string of the molecule is CC(C)NCC(O)COc1ccccc1C(C)(C)C.[Cl-]. The van der Waals surface area contributed by atoms with Gasteiger partial charge in [-0.3, -0.25) is 0 Å². The fourth-order valence-corrected chi connectivity index (χ4v) is 1.83. The number of aliphatic hydroxyl groups excluding tert-OH is 1. The summed E-state index contributed by atoms with van der Waals surface area (Å²) in [5.41, 5.74) is 1.21. The fraction of sp³-hybridized carbons (Fsp3) is 0.625. The predicted molar refractivity (Wildman–Crippen MR) is 79.8 cm³/mol. The lowest BCUT2D eigenvalue weighted by molar-refractivity contribution is -0.00000639. The van der Waals surface area contributed by atoms with Gasteiger partial charge in [-0.05, 0) is 17.0 Å². The molecule has 0 bridgehead atoms. The highest BCUT2D eigenvalue weighted by molar-refractivity contribution is 5.38. The molecule has 0 fully saturated rings. The quantitative estimate of drug-likeness (QED) is 0.760. The van der Waals surface area contributed by atoms with E-state index in [0.29, 0.717) is 19.2 Å². The average molecular weight is 301 g/mol. The molecule has 3 nitrogen and oxygen atoms in total. The fourth-order valence-electron chi connectivity index (χ4n) is 1.83. The molecule has 0 aliphatic heterocycles. The van der Waals surface area contributed by atoms with Gasteiger partial charge in [-0.2, -0.15) is 0 Å². The van der Waals surface area contributed by atoms with Gasteiger partial charge in [0.1, 0.15) is 18.5 Å². The lowest BCUT2D eigenvalue weighted by Crippen LogP contribution is -3.00. The summed E-state index contributed by atoms with van der Waals surface area (Å²) in [5, 5.41) is 13.1. The first-order valence-corrected chi connectivity index (χ1v) is 6.94. The van der Waals surface area contributed by atoms with Gasteiger partial charge in [-0.25, -0.2) is 0 Å². The van der Waals surface area contributed by atoms with Gasteiger partial charge < -0.3 is 27.6 Å². The first kappa shape index (κ1) is 19.2. The number of hydrogen-bond acceptors (Lipinski definition) is 3. The van der Waals surface area contributed by atoms with Gasteiger partial charge in [0, 0.05) is 12.6 Å². The van der Waals surface area contributed by atoms with Gasteiger partial charge in [-0.1, -0.05) is 52.8 Å². The third-order valence-electron chi connectivity index (χ3n) is 2.89. The summed E-state index contributed by atoms with van der Waals surface area (Å²) < 4.78 is 5.77. The van der Waals surface area contributed by atoms with Crippen molar-refractivity contribution in [3.05, 3.63) is 29.8 Å². The highest BCUT2D eigenvalue weighted by Crippen LogP contribution is 2.30. The Morgan fingerprint density at radius 3 is 2.35 bits per heavy atom. The lowest BCUT2D eigenvalue weighted by atomic mass is 9.86. The van der Waals surface area contributed by atoms with Gasteiger partial charge in [0.05, 0.1) is 0 Å². The van der Waals surface area contributed by atoms with E-state index < -0.39 is 6.10 Å². The minimum Gasteiger partial charge on any atom is -1.00 e. The zero-order valence-corrected chi connectivity index (χ0v) is 13.9. The maximum atomic E-state index is 9.87. The molecule has 0 heterocycles. The molecule has 1 aromatic carbocycles. The Morgan fingerprint density at radius 2 is 1.80 bits per heavy atom.